The van der Waals surface area contributed by atoms with E-state index in [1.807, 2.05) is 42.5 Å². The Hall–Kier alpha value is -2.70. The fourth-order valence-electron chi connectivity index (χ4n) is 7.15. The topological polar surface area (TPSA) is 95.9 Å². The predicted molar refractivity (Wildman–Crippen MR) is 255 cm³/mol. The standard InChI is InChI=1S/C53H93NO5/c1-4-7-10-13-16-19-22-24-26-28-30-32-35-38-41-44-49(59-53(58)46-43-40-37-34-31-29-27-25-23-20-17-14-11-8-5-2)47-52(57)54-50(48-55)51(56)45-42-39-36-33-21-18-15-12-9-6-3/h8,11,14,17,20,23-27,29,31,49-51,55-56H,4-7,9-10,12-13,15-16,18-19,21-22,28,30,32-48H2,1-3H3,(H,54,57)/b11-8+,17-14+,23-20-,26-24+,27-25-,31-29+. The largest absolute Gasteiger partial charge is 0.462 e. The van der Waals surface area contributed by atoms with Crippen LogP contribution in [0, 0.1) is 0 Å². The Balaban J connectivity index is 4.70. The van der Waals surface area contributed by atoms with Crippen molar-refractivity contribution in [3.63, 3.8) is 0 Å². The van der Waals surface area contributed by atoms with Crippen LogP contribution >= 0.6 is 0 Å². The molecule has 0 aromatic carbocycles. The van der Waals surface area contributed by atoms with Gasteiger partial charge in [0, 0.05) is 6.42 Å². The van der Waals surface area contributed by atoms with Gasteiger partial charge in [-0.05, 0) is 70.6 Å². The molecule has 1 amide bonds. The van der Waals surface area contributed by atoms with Gasteiger partial charge in [0.2, 0.25) is 5.91 Å². The highest BCUT2D eigenvalue weighted by molar-refractivity contribution is 5.77. The van der Waals surface area contributed by atoms with Gasteiger partial charge in [-0.2, -0.15) is 0 Å². The van der Waals surface area contributed by atoms with E-state index in [0.717, 1.165) is 77.0 Å². The fourth-order valence-corrected chi connectivity index (χ4v) is 7.15. The minimum atomic E-state index is -0.799. The molecule has 0 aromatic rings. The second-order valence-electron chi connectivity index (χ2n) is 16.6. The first-order chi connectivity index (χ1) is 29.0. The summed E-state index contributed by atoms with van der Waals surface area (Å²) in [4.78, 5) is 26.1. The molecule has 6 heteroatoms. The molecule has 0 saturated heterocycles. The molecule has 0 heterocycles. The van der Waals surface area contributed by atoms with Gasteiger partial charge in [0.15, 0.2) is 0 Å². The predicted octanol–water partition coefficient (Wildman–Crippen LogP) is 14.6. The molecule has 59 heavy (non-hydrogen) atoms. The van der Waals surface area contributed by atoms with Gasteiger partial charge >= 0.3 is 5.97 Å². The highest BCUT2D eigenvalue weighted by Crippen LogP contribution is 2.17. The van der Waals surface area contributed by atoms with Gasteiger partial charge in [-0.25, -0.2) is 0 Å². The number of nitrogens with one attached hydrogen (secondary N) is 1. The Morgan fingerprint density at radius 2 is 0.932 bits per heavy atom. The zero-order valence-corrected chi connectivity index (χ0v) is 38.6. The van der Waals surface area contributed by atoms with Crippen LogP contribution < -0.4 is 5.32 Å². The summed E-state index contributed by atoms with van der Waals surface area (Å²) in [5.74, 6) is -0.534. The van der Waals surface area contributed by atoms with E-state index in [2.05, 4.69) is 56.5 Å². The third-order valence-corrected chi connectivity index (χ3v) is 10.9. The van der Waals surface area contributed by atoms with Gasteiger partial charge in [-0.15, -0.1) is 0 Å². The summed E-state index contributed by atoms with van der Waals surface area (Å²) >= 11 is 0. The minimum absolute atomic E-state index is 0.0519. The normalized spacial score (nSPS) is 13.9. The summed E-state index contributed by atoms with van der Waals surface area (Å²) in [5.41, 5.74) is 0. The number of carbonyl (C=O) groups is 2. The maximum atomic E-state index is 13.2. The van der Waals surface area contributed by atoms with Gasteiger partial charge in [0.05, 0.1) is 25.2 Å². The first kappa shape index (κ1) is 56.3. The number of aliphatic hydroxyl groups excluding tert-OH is 2. The van der Waals surface area contributed by atoms with Gasteiger partial charge in [-0.3, -0.25) is 9.59 Å². The number of carbonyl (C=O) groups excluding carboxylic acids is 2. The summed E-state index contributed by atoms with van der Waals surface area (Å²) in [7, 11) is 0. The first-order valence-electron chi connectivity index (χ1n) is 24.7. The molecule has 0 rings (SSSR count). The first-order valence-corrected chi connectivity index (χ1v) is 24.7. The average molecular weight is 824 g/mol. The minimum Gasteiger partial charge on any atom is -0.462 e. The number of esters is 1. The lowest BCUT2D eigenvalue weighted by atomic mass is 10.0. The second kappa shape index (κ2) is 46.4. The van der Waals surface area contributed by atoms with Gasteiger partial charge in [0.1, 0.15) is 6.10 Å². The highest BCUT2D eigenvalue weighted by Gasteiger charge is 2.24. The van der Waals surface area contributed by atoms with E-state index >= 15 is 0 Å². The van der Waals surface area contributed by atoms with Crippen LogP contribution in [0.1, 0.15) is 226 Å². The van der Waals surface area contributed by atoms with Crippen LogP contribution in [-0.2, 0) is 14.3 Å². The molecule has 0 bridgehead atoms. The summed E-state index contributed by atoms with van der Waals surface area (Å²) in [5, 5.41) is 23.7. The Labute approximate surface area is 364 Å². The number of hydrogen-bond donors (Lipinski definition) is 3. The molecule has 0 aliphatic heterocycles. The highest BCUT2D eigenvalue weighted by atomic mass is 16.5. The molecule has 0 aliphatic carbocycles. The summed E-state index contributed by atoms with van der Waals surface area (Å²) in [6.45, 7) is 6.31. The number of aliphatic hydroxyl groups is 2. The lowest BCUT2D eigenvalue weighted by Crippen LogP contribution is -2.46. The lowest BCUT2D eigenvalue weighted by Gasteiger charge is -2.24. The average Bonchev–Trinajstić information content (AvgIpc) is 3.23. The van der Waals surface area contributed by atoms with E-state index in [0.29, 0.717) is 19.3 Å². The smallest absolute Gasteiger partial charge is 0.306 e. The second-order valence-corrected chi connectivity index (χ2v) is 16.6. The van der Waals surface area contributed by atoms with Crippen LogP contribution in [0.25, 0.3) is 0 Å². The molecule has 0 saturated carbocycles. The molecular weight excluding hydrogens is 731 g/mol. The lowest BCUT2D eigenvalue weighted by molar-refractivity contribution is -0.151. The van der Waals surface area contributed by atoms with Crippen LogP contribution in [0.15, 0.2) is 72.9 Å². The van der Waals surface area contributed by atoms with Crippen LogP contribution in [-0.4, -0.2) is 46.9 Å². The molecular formula is C53H93NO5. The van der Waals surface area contributed by atoms with E-state index in [1.54, 1.807) is 0 Å². The molecule has 0 spiro atoms. The monoisotopic (exact) mass is 824 g/mol. The molecule has 0 aromatic heterocycles. The van der Waals surface area contributed by atoms with E-state index < -0.39 is 18.2 Å². The number of unbranched alkanes of at least 4 members (excludes halogenated alkanes) is 23. The van der Waals surface area contributed by atoms with Crippen molar-refractivity contribution in [2.24, 2.45) is 0 Å². The van der Waals surface area contributed by atoms with Crippen molar-refractivity contribution in [2.45, 2.75) is 244 Å². The van der Waals surface area contributed by atoms with Crippen molar-refractivity contribution in [1.82, 2.24) is 5.32 Å². The van der Waals surface area contributed by atoms with Crippen molar-refractivity contribution in [2.75, 3.05) is 6.61 Å². The number of rotatable bonds is 43. The van der Waals surface area contributed by atoms with Crippen molar-refractivity contribution < 1.29 is 24.5 Å². The quantitative estimate of drug-likeness (QED) is 0.0246. The van der Waals surface area contributed by atoms with E-state index in [1.165, 1.54) is 103 Å². The fraction of sp³-hybridized carbons (Fsp3) is 0.736. The Bertz CT molecular complexity index is 1110. The van der Waals surface area contributed by atoms with E-state index in [9.17, 15) is 19.8 Å². The maximum absolute atomic E-state index is 13.2. The third kappa shape index (κ3) is 41.8. The molecule has 6 nitrogen and oxygen atoms in total. The molecule has 0 radical (unpaired) electrons. The summed E-state index contributed by atoms with van der Waals surface area (Å²) < 4.78 is 5.90. The number of amides is 1. The van der Waals surface area contributed by atoms with Crippen molar-refractivity contribution in [1.29, 1.82) is 0 Å². The van der Waals surface area contributed by atoms with Gasteiger partial charge in [0.25, 0.3) is 0 Å². The van der Waals surface area contributed by atoms with Gasteiger partial charge in [-0.1, -0.05) is 216 Å². The Morgan fingerprint density at radius 1 is 0.508 bits per heavy atom. The van der Waals surface area contributed by atoms with Crippen LogP contribution in [0.4, 0.5) is 0 Å². The van der Waals surface area contributed by atoms with Crippen LogP contribution in [0.5, 0.6) is 0 Å². The van der Waals surface area contributed by atoms with Crippen LogP contribution in [0.3, 0.4) is 0 Å². The van der Waals surface area contributed by atoms with E-state index in [-0.39, 0.29) is 24.9 Å². The maximum Gasteiger partial charge on any atom is 0.306 e. The zero-order valence-electron chi connectivity index (χ0n) is 38.6. The molecule has 3 atom stereocenters. The van der Waals surface area contributed by atoms with Crippen molar-refractivity contribution in [3.05, 3.63) is 72.9 Å². The Morgan fingerprint density at radius 3 is 1.44 bits per heavy atom. The van der Waals surface area contributed by atoms with Crippen molar-refractivity contribution >= 4 is 11.9 Å². The number of allylic oxidation sites excluding steroid dienone is 12. The van der Waals surface area contributed by atoms with E-state index in [4.69, 9.17) is 4.74 Å². The molecule has 3 unspecified atom stereocenters. The number of hydrogen-bond acceptors (Lipinski definition) is 5. The SMILES string of the molecule is CC/C=C/C=C/C=C\C=C/C=C/CCCCCC(=O)OC(CCCCCCC/C=C/CCCCCCCC)CC(=O)NC(CO)C(O)CCCCCCCCCCCC. The zero-order chi connectivity index (χ0) is 43.1. The third-order valence-electron chi connectivity index (χ3n) is 10.9. The molecule has 0 aliphatic rings. The molecule has 340 valence electrons. The summed E-state index contributed by atoms with van der Waals surface area (Å²) in [6.07, 6.45) is 58.1. The molecule has 0 fully saturated rings. The Kier molecular flexibility index (Phi) is 44.2. The van der Waals surface area contributed by atoms with Crippen LogP contribution in [0.2, 0.25) is 0 Å². The van der Waals surface area contributed by atoms with Gasteiger partial charge < -0.3 is 20.3 Å². The number of ether oxygens (including phenoxy) is 1. The summed E-state index contributed by atoms with van der Waals surface area (Å²) in [6, 6.07) is -0.714. The molecule has 3 N–H and O–H groups in total. The van der Waals surface area contributed by atoms with Crippen molar-refractivity contribution in [3.8, 4) is 0 Å².